The molecule has 0 saturated carbocycles. The molecule has 6 nitrogen and oxygen atoms in total. The van der Waals surface area contributed by atoms with E-state index in [2.05, 4.69) is 21.2 Å². The van der Waals surface area contributed by atoms with Gasteiger partial charge in [0.1, 0.15) is 0 Å². The molecule has 0 fully saturated rings. The van der Waals surface area contributed by atoms with Crippen molar-refractivity contribution in [2.45, 2.75) is 6.54 Å². The zero-order valence-electron chi connectivity index (χ0n) is 10.2. The van der Waals surface area contributed by atoms with E-state index < -0.39 is 4.92 Å². The number of aromatic hydroxyl groups is 2. The summed E-state index contributed by atoms with van der Waals surface area (Å²) < 4.78 is 0.548. The summed E-state index contributed by atoms with van der Waals surface area (Å²) >= 11 is 3.24. The molecule has 0 radical (unpaired) electrons. The van der Waals surface area contributed by atoms with E-state index in [-0.39, 0.29) is 23.7 Å². The Hall–Kier alpha value is -2.28. The Labute approximate surface area is 123 Å². The summed E-state index contributed by atoms with van der Waals surface area (Å²) in [4.78, 5) is 10.2. The van der Waals surface area contributed by atoms with Crippen LogP contribution >= 0.6 is 15.9 Å². The van der Waals surface area contributed by atoms with Crippen molar-refractivity contribution in [3.8, 4) is 11.5 Å². The first-order valence-electron chi connectivity index (χ1n) is 5.66. The summed E-state index contributed by atoms with van der Waals surface area (Å²) in [7, 11) is 0. The fourth-order valence-electron chi connectivity index (χ4n) is 1.67. The summed E-state index contributed by atoms with van der Waals surface area (Å²) in [5.74, 6) is -0.370. The van der Waals surface area contributed by atoms with Crippen LogP contribution in [0.15, 0.2) is 40.9 Å². The van der Waals surface area contributed by atoms with Crippen molar-refractivity contribution in [3.63, 3.8) is 0 Å². The van der Waals surface area contributed by atoms with Crippen LogP contribution < -0.4 is 5.32 Å². The SMILES string of the molecule is O=[N+]([O-])c1ccc(NCc2cccc(O)c2O)c(Br)c1. The quantitative estimate of drug-likeness (QED) is 0.451. The predicted molar refractivity (Wildman–Crippen MR) is 77.9 cm³/mol. The second-order valence-corrected chi connectivity index (χ2v) is 4.91. The summed E-state index contributed by atoms with van der Waals surface area (Å²) in [5, 5.41) is 32.7. The zero-order valence-corrected chi connectivity index (χ0v) is 11.8. The van der Waals surface area contributed by atoms with Crippen molar-refractivity contribution >= 4 is 27.3 Å². The van der Waals surface area contributed by atoms with Gasteiger partial charge in [0.15, 0.2) is 11.5 Å². The van der Waals surface area contributed by atoms with E-state index in [9.17, 15) is 20.3 Å². The van der Waals surface area contributed by atoms with Crippen molar-refractivity contribution in [2.75, 3.05) is 5.32 Å². The molecule has 0 spiro atoms. The largest absolute Gasteiger partial charge is 0.504 e. The number of hydrogen-bond donors (Lipinski definition) is 3. The molecule has 7 heteroatoms. The van der Waals surface area contributed by atoms with Crippen molar-refractivity contribution in [3.05, 3.63) is 56.5 Å². The first kappa shape index (κ1) is 14.1. The molecule has 0 unspecified atom stereocenters. The molecule has 3 N–H and O–H groups in total. The molecule has 20 heavy (non-hydrogen) atoms. The highest BCUT2D eigenvalue weighted by atomic mass is 79.9. The van der Waals surface area contributed by atoms with Crippen LogP contribution in [0, 0.1) is 10.1 Å². The van der Waals surface area contributed by atoms with E-state index in [0.717, 1.165) is 0 Å². The first-order valence-corrected chi connectivity index (χ1v) is 6.46. The number of phenols is 2. The van der Waals surface area contributed by atoms with Crippen molar-refractivity contribution < 1.29 is 15.1 Å². The Morgan fingerprint density at radius 2 is 2.00 bits per heavy atom. The second kappa shape index (κ2) is 5.79. The third-order valence-electron chi connectivity index (χ3n) is 2.73. The molecule has 0 bridgehead atoms. The molecule has 0 heterocycles. The number of phenolic OH excluding ortho intramolecular Hbond substituents is 2. The van der Waals surface area contributed by atoms with Crippen molar-refractivity contribution in [1.29, 1.82) is 0 Å². The molecular weight excluding hydrogens is 328 g/mol. The highest BCUT2D eigenvalue weighted by molar-refractivity contribution is 9.10. The number of halogens is 1. The van der Waals surface area contributed by atoms with Gasteiger partial charge in [-0.3, -0.25) is 10.1 Å². The number of rotatable bonds is 4. The number of non-ortho nitro benzene ring substituents is 1. The van der Waals surface area contributed by atoms with Crippen molar-refractivity contribution in [2.24, 2.45) is 0 Å². The minimum Gasteiger partial charge on any atom is -0.504 e. The number of nitrogens with zero attached hydrogens (tertiary/aromatic N) is 1. The Balaban J connectivity index is 2.15. The first-order chi connectivity index (χ1) is 9.49. The van der Waals surface area contributed by atoms with Crippen LogP contribution in [0.4, 0.5) is 11.4 Å². The standard InChI is InChI=1S/C13H11BrN2O4/c14-10-6-9(16(19)20)4-5-11(10)15-7-8-2-1-3-12(17)13(8)18/h1-6,15,17-18H,7H2. The maximum Gasteiger partial charge on any atom is 0.270 e. The molecule has 0 aromatic heterocycles. The van der Waals surface area contributed by atoms with Crippen LogP contribution in [-0.2, 0) is 6.54 Å². The molecule has 2 aromatic carbocycles. The van der Waals surface area contributed by atoms with Gasteiger partial charge in [0.25, 0.3) is 5.69 Å². The van der Waals surface area contributed by atoms with E-state index in [4.69, 9.17) is 0 Å². The van der Waals surface area contributed by atoms with Gasteiger partial charge in [0.2, 0.25) is 0 Å². The fraction of sp³-hybridized carbons (Fsp3) is 0.0769. The Morgan fingerprint density at radius 3 is 2.65 bits per heavy atom. The molecule has 2 rings (SSSR count). The number of nitrogens with one attached hydrogen (secondary N) is 1. The van der Waals surface area contributed by atoms with Crippen LogP contribution in [0.5, 0.6) is 11.5 Å². The highest BCUT2D eigenvalue weighted by Gasteiger charge is 2.10. The monoisotopic (exact) mass is 338 g/mol. The summed E-state index contributed by atoms with van der Waals surface area (Å²) in [6.07, 6.45) is 0. The van der Waals surface area contributed by atoms with Crippen molar-refractivity contribution in [1.82, 2.24) is 0 Å². The van der Waals surface area contributed by atoms with Gasteiger partial charge in [0.05, 0.1) is 4.92 Å². The molecule has 0 atom stereocenters. The number of nitro benzene ring substituents is 1. The third kappa shape index (κ3) is 3.00. The maximum atomic E-state index is 10.6. The van der Waals surface area contributed by atoms with Crippen LogP contribution in [0.25, 0.3) is 0 Å². The number of benzene rings is 2. The molecule has 104 valence electrons. The lowest BCUT2D eigenvalue weighted by Crippen LogP contribution is -2.01. The summed E-state index contributed by atoms with van der Waals surface area (Å²) in [6.45, 7) is 0.274. The lowest BCUT2D eigenvalue weighted by molar-refractivity contribution is -0.384. The van der Waals surface area contributed by atoms with E-state index in [1.165, 1.54) is 18.2 Å². The molecule has 0 aliphatic rings. The van der Waals surface area contributed by atoms with Gasteiger partial charge in [-0.15, -0.1) is 0 Å². The van der Waals surface area contributed by atoms with Gasteiger partial charge in [0, 0.05) is 34.4 Å². The van der Waals surface area contributed by atoms with E-state index >= 15 is 0 Å². The molecule has 0 aliphatic carbocycles. The Kier molecular flexibility index (Phi) is 4.09. The molecule has 0 amide bonds. The summed E-state index contributed by atoms with van der Waals surface area (Å²) in [6, 6.07) is 9.03. The number of para-hydroxylation sites is 1. The average Bonchev–Trinajstić information content (AvgIpc) is 2.41. The second-order valence-electron chi connectivity index (χ2n) is 4.06. The fourth-order valence-corrected chi connectivity index (χ4v) is 2.18. The Bertz CT molecular complexity index is 661. The zero-order chi connectivity index (χ0) is 14.7. The van der Waals surface area contributed by atoms with Crippen LogP contribution in [0.2, 0.25) is 0 Å². The lowest BCUT2D eigenvalue weighted by Gasteiger charge is -2.10. The minimum atomic E-state index is -0.477. The van der Waals surface area contributed by atoms with Crippen LogP contribution in [0.1, 0.15) is 5.56 Å². The lowest BCUT2D eigenvalue weighted by atomic mass is 10.2. The van der Waals surface area contributed by atoms with E-state index in [1.807, 2.05) is 0 Å². The molecule has 2 aromatic rings. The highest BCUT2D eigenvalue weighted by Crippen LogP contribution is 2.31. The number of nitro groups is 1. The van der Waals surface area contributed by atoms with Gasteiger partial charge in [-0.1, -0.05) is 12.1 Å². The van der Waals surface area contributed by atoms with Gasteiger partial charge in [-0.25, -0.2) is 0 Å². The minimum absolute atomic E-state index is 0.0115. The molecule has 0 aliphatic heterocycles. The third-order valence-corrected chi connectivity index (χ3v) is 3.39. The van der Waals surface area contributed by atoms with Crippen LogP contribution in [-0.4, -0.2) is 15.1 Å². The maximum absolute atomic E-state index is 10.6. The molecular formula is C13H11BrN2O4. The normalized spacial score (nSPS) is 10.2. The van der Waals surface area contributed by atoms with Gasteiger partial charge in [-0.05, 0) is 28.1 Å². The van der Waals surface area contributed by atoms with E-state index in [0.29, 0.717) is 15.7 Å². The predicted octanol–water partition coefficient (Wildman–Crippen LogP) is 3.38. The van der Waals surface area contributed by atoms with Gasteiger partial charge >= 0.3 is 0 Å². The molecule has 0 saturated heterocycles. The Morgan fingerprint density at radius 1 is 1.25 bits per heavy atom. The van der Waals surface area contributed by atoms with Gasteiger partial charge in [-0.2, -0.15) is 0 Å². The average molecular weight is 339 g/mol. The smallest absolute Gasteiger partial charge is 0.270 e. The van der Waals surface area contributed by atoms with Gasteiger partial charge < -0.3 is 15.5 Å². The van der Waals surface area contributed by atoms with E-state index in [1.54, 1.807) is 18.2 Å². The number of anilines is 1. The number of hydrogen-bond acceptors (Lipinski definition) is 5. The summed E-state index contributed by atoms with van der Waals surface area (Å²) in [5.41, 5.74) is 1.16. The van der Waals surface area contributed by atoms with Crippen LogP contribution in [0.3, 0.4) is 0 Å². The topological polar surface area (TPSA) is 95.6 Å².